The normalized spacial score (nSPS) is 14.5. The molecule has 1 aliphatic carbocycles. The second-order valence-electron chi connectivity index (χ2n) is 5.43. The molecule has 0 atom stereocenters. The van der Waals surface area contributed by atoms with Crippen LogP contribution in [0, 0.1) is 6.92 Å². The van der Waals surface area contributed by atoms with Gasteiger partial charge in [0.2, 0.25) is 5.91 Å². The molecule has 2 rings (SSSR count). The molecule has 1 aliphatic rings. The molecule has 1 saturated carbocycles. The number of hydrogen-bond acceptors (Lipinski definition) is 4. The van der Waals surface area contributed by atoms with E-state index in [9.17, 15) is 9.59 Å². The maximum Gasteiger partial charge on any atom is 0.321 e. The number of ether oxygens (including phenoxy) is 1. The van der Waals surface area contributed by atoms with E-state index in [0.29, 0.717) is 6.10 Å². The molecule has 22 heavy (non-hydrogen) atoms. The van der Waals surface area contributed by atoms with Crippen molar-refractivity contribution >= 4 is 17.6 Å². The van der Waals surface area contributed by atoms with E-state index in [4.69, 9.17) is 4.74 Å². The van der Waals surface area contributed by atoms with Crippen LogP contribution in [0.4, 0.5) is 10.5 Å². The molecular formula is C16H23N3O3. The monoisotopic (exact) mass is 305 g/mol. The third kappa shape index (κ3) is 4.38. The van der Waals surface area contributed by atoms with E-state index in [-0.39, 0.29) is 12.5 Å². The van der Waals surface area contributed by atoms with Crippen LogP contribution in [0.3, 0.4) is 0 Å². The van der Waals surface area contributed by atoms with Gasteiger partial charge in [0.05, 0.1) is 12.6 Å². The summed E-state index contributed by atoms with van der Waals surface area (Å²) in [5.41, 5.74) is 1.81. The summed E-state index contributed by atoms with van der Waals surface area (Å²) in [7, 11) is 1.46. The van der Waals surface area contributed by atoms with Crippen LogP contribution in [0.25, 0.3) is 0 Å². The third-order valence-electron chi connectivity index (χ3n) is 3.80. The van der Waals surface area contributed by atoms with Gasteiger partial charge in [0.25, 0.3) is 0 Å². The first kappa shape index (κ1) is 16.1. The van der Waals surface area contributed by atoms with E-state index < -0.39 is 6.03 Å². The van der Waals surface area contributed by atoms with Crippen molar-refractivity contribution < 1.29 is 14.3 Å². The van der Waals surface area contributed by atoms with Gasteiger partial charge in [-0.2, -0.15) is 0 Å². The molecular weight excluding hydrogens is 282 g/mol. The average Bonchev–Trinajstić information content (AvgIpc) is 3.01. The van der Waals surface area contributed by atoms with Crippen molar-refractivity contribution in [1.82, 2.24) is 10.6 Å². The Kier molecular flexibility index (Phi) is 5.63. The lowest BCUT2D eigenvalue weighted by Gasteiger charge is -2.17. The lowest BCUT2D eigenvalue weighted by Crippen LogP contribution is -2.40. The van der Waals surface area contributed by atoms with Gasteiger partial charge < -0.3 is 15.4 Å². The maximum absolute atomic E-state index is 11.6. The van der Waals surface area contributed by atoms with Crippen LogP contribution in [-0.2, 0) is 4.79 Å². The Morgan fingerprint density at radius 1 is 1.27 bits per heavy atom. The highest BCUT2D eigenvalue weighted by Gasteiger charge is 2.18. The first-order valence-electron chi connectivity index (χ1n) is 7.62. The predicted octanol–water partition coefficient (Wildman–Crippen LogP) is 2.18. The summed E-state index contributed by atoms with van der Waals surface area (Å²) in [6.45, 7) is 1.99. The van der Waals surface area contributed by atoms with E-state index >= 15 is 0 Å². The number of hydrogen-bond donors (Lipinski definition) is 3. The zero-order valence-electron chi connectivity index (χ0n) is 13.1. The van der Waals surface area contributed by atoms with Crippen LogP contribution in [0.1, 0.15) is 31.2 Å². The van der Waals surface area contributed by atoms with Gasteiger partial charge in [-0.05, 0) is 44.7 Å². The average molecular weight is 305 g/mol. The number of rotatable bonds is 5. The largest absolute Gasteiger partial charge is 0.490 e. The molecule has 0 aromatic heterocycles. The lowest BCUT2D eigenvalue weighted by atomic mass is 10.1. The van der Waals surface area contributed by atoms with E-state index in [1.165, 1.54) is 19.9 Å². The molecule has 1 aromatic carbocycles. The van der Waals surface area contributed by atoms with Crippen LogP contribution < -0.4 is 20.7 Å². The fourth-order valence-electron chi connectivity index (χ4n) is 2.53. The molecule has 0 saturated heterocycles. The summed E-state index contributed by atoms with van der Waals surface area (Å²) in [6.07, 6.45) is 4.95. The van der Waals surface area contributed by atoms with Crippen LogP contribution in [0.15, 0.2) is 18.2 Å². The summed E-state index contributed by atoms with van der Waals surface area (Å²) in [5, 5.41) is 7.58. The van der Waals surface area contributed by atoms with Gasteiger partial charge in [-0.15, -0.1) is 0 Å². The quantitative estimate of drug-likeness (QED) is 0.779. The molecule has 6 heteroatoms. The van der Waals surface area contributed by atoms with Gasteiger partial charge in [-0.3, -0.25) is 10.1 Å². The van der Waals surface area contributed by atoms with Gasteiger partial charge in [0.15, 0.2) is 0 Å². The molecule has 3 N–H and O–H groups in total. The number of carbonyl (C=O) groups excluding carboxylic acids is 2. The number of anilines is 1. The summed E-state index contributed by atoms with van der Waals surface area (Å²) < 4.78 is 6.03. The Balaban J connectivity index is 1.93. The van der Waals surface area contributed by atoms with E-state index in [1.54, 1.807) is 0 Å². The predicted molar refractivity (Wildman–Crippen MR) is 85.2 cm³/mol. The van der Waals surface area contributed by atoms with E-state index in [2.05, 4.69) is 16.0 Å². The van der Waals surface area contributed by atoms with Gasteiger partial charge >= 0.3 is 6.03 Å². The number of carbonyl (C=O) groups is 2. The Hall–Kier alpha value is -2.24. The maximum atomic E-state index is 11.6. The highest BCUT2D eigenvalue weighted by molar-refractivity contribution is 5.96. The van der Waals surface area contributed by atoms with Crippen LogP contribution >= 0.6 is 0 Å². The zero-order chi connectivity index (χ0) is 15.9. The summed E-state index contributed by atoms with van der Waals surface area (Å²) in [4.78, 5) is 22.7. The Morgan fingerprint density at radius 2 is 2.00 bits per heavy atom. The van der Waals surface area contributed by atoms with Crippen molar-refractivity contribution in [2.24, 2.45) is 0 Å². The standard InChI is InChI=1S/C16H23N3O3/c1-11-13(18-10-15(20)19-16(21)17-2)8-5-9-14(11)22-12-6-3-4-7-12/h5,8-9,12,18H,3-4,6-7,10H2,1-2H3,(H2,17,19,20,21). The van der Waals surface area contributed by atoms with Gasteiger partial charge in [-0.25, -0.2) is 4.79 Å². The molecule has 6 nitrogen and oxygen atoms in total. The Morgan fingerprint density at radius 3 is 2.68 bits per heavy atom. The zero-order valence-corrected chi connectivity index (χ0v) is 13.1. The highest BCUT2D eigenvalue weighted by atomic mass is 16.5. The SMILES string of the molecule is CNC(=O)NC(=O)CNc1cccc(OC2CCCC2)c1C. The lowest BCUT2D eigenvalue weighted by molar-refractivity contribution is -0.118. The summed E-state index contributed by atoms with van der Waals surface area (Å²) >= 11 is 0. The number of nitrogens with one attached hydrogen (secondary N) is 3. The Labute approximate surface area is 130 Å². The molecule has 0 spiro atoms. The smallest absolute Gasteiger partial charge is 0.321 e. The second kappa shape index (κ2) is 7.68. The summed E-state index contributed by atoms with van der Waals surface area (Å²) in [6, 6.07) is 5.23. The number of urea groups is 1. The molecule has 0 radical (unpaired) electrons. The first-order valence-corrected chi connectivity index (χ1v) is 7.62. The number of amides is 3. The molecule has 0 unspecified atom stereocenters. The van der Waals surface area contributed by atoms with Crippen LogP contribution in [0.2, 0.25) is 0 Å². The molecule has 0 aliphatic heterocycles. The van der Waals surface area contributed by atoms with Crippen LogP contribution in [-0.4, -0.2) is 31.6 Å². The van der Waals surface area contributed by atoms with Crippen molar-refractivity contribution in [1.29, 1.82) is 0 Å². The minimum absolute atomic E-state index is 0.0289. The van der Waals surface area contributed by atoms with E-state index in [0.717, 1.165) is 29.8 Å². The van der Waals surface area contributed by atoms with Gasteiger partial charge in [0, 0.05) is 18.3 Å². The van der Waals surface area contributed by atoms with Crippen molar-refractivity contribution in [2.45, 2.75) is 38.7 Å². The first-order chi connectivity index (χ1) is 10.6. The molecule has 120 valence electrons. The van der Waals surface area contributed by atoms with Gasteiger partial charge in [0.1, 0.15) is 5.75 Å². The topological polar surface area (TPSA) is 79.5 Å². The minimum atomic E-state index is -0.512. The van der Waals surface area contributed by atoms with Gasteiger partial charge in [-0.1, -0.05) is 6.07 Å². The molecule has 0 bridgehead atoms. The fourth-order valence-corrected chi connectivity index (χ4v) is 2.53. The molecule has 1 aromatic rings. The van der Waals surface area contributed by atoms with E-state index in [1.807, 2.05) is 25.1 Å². The minimum Gasteiger partial charge on any atom is -0.490 e. The Bertz CT molecular complexity index is 539. The van der Waals surface area contributed by atoms with Crippen molar-refractivity contribution in [2.75, 3.05) is 18.9 Å². The van der Waals surface area contributed by atoms with Crippen LogP contribution in [0.5, 0.6) is 5.75 Å². The fraction of sp³-hybridized carbons (Fsp3) is 0.500. The number of benzene rings is 1. The summed E-state index contributed by atoms with van der Waals surface area (Å²) in [5.74, 6) is 0.462. The second-order valence-corrected chi connectivity index (χ2v) is 5.43. The molecule has 0 heterocycles. The third-order valence-corrected chi connectivity index (χ3v) is 3.80. The van der Waals surface area contributed by atoms with Crippen molar-refractivity contribution in [3.63, 3.8) is 0 Å². The highest BCUT2D eigenvalue weighted by Crippen LogP contribution is 2.29. The number of imide groups is 1. The molecule has 1 fully saturated rings. The van der Waals surface area contributed by atoms with Crippen molar-refractivity contribution in [3.05, 3.63) is 23.8 Å². The van der Waals surface area contributed by atoms with Crippen molar-refractivity contribution in [3.8, 4) is 5.75 Å². The molecule has 3 amide bonds.